The molecule has 2 heteroatoms. The van der Waals surface area contributed by atoms with E-state index in [0.29, 0.717) is 5.41 Å². The Hall–Kier alpha value is -0.763. The average molecular weight is 291 g/mol. The van der Waals surface area contributed by atoms with E-state index < -0.39 is 8.32 Å². The Morgan fingerprint density at radius 1 is 1.05 bits per heavy atom. The van der Waals surface area contributed by atoms with Gasteiger partial charge in [-0.1, -0.05) is 39.3 Å². The van der Waals surface area contributed by atoms with E-state index in [1.807, 2.05) is 0 Å². The molecule has 0 N–H and O–H groups in total. The second kappa shape index (κ2) is 4.90. The molecule has 0 spiro atoms. The molecule has 0 amide bonds. The van der Waals surface area contributed by atoms with E-state index in [9.17, 15) is 0 Å². The first-order chi connectivity index (χ1) is 9.05. The van der Waals surface area contributed by atoms with Crippen LogP contribution >= 0.6 is 0 Å². The summed E-state index contributed by atoms with van der Waals surface area (Å²) in [7, 11) is -1.55. The second-order valence-corrected chi connectivity index (χ2v) is 12.7. The maximum Gasteiger partial charge on any atom is 0.242 e. The van der Waals surface area contributed by atoms with Gasteiger partial charge in [0.1, 0.15) is 5.75 Å². The van der Waals surface area contributed by atoms with Crippen LogP contribution in [0.1, 0.15) is 51.2 Å². The van der Waals surface area contributed by atoms with E-state index in [-0.39, 0.29) is 5.41 Å². The first-order valence-electron chi connectivity index (χ1n) is 7.85. The van der Waals surface area contributed by atoms with Crippen molar-refractivity contribution in [3.8, 4) is 5.75 Å². The van der Waals surface area contributed by atoms with Gasteiger partial charge in [0, 0.05) is 0 Å². The van der Waals surface area contributed by atoms with Gasteiger partial charge in [-0.3, -0.25) is 0 Å². The van der Waals surface area contributed by atoms with Gasteiger partial charge in [0.2, 0.25) is 8.32 Å². The van der Waals surface area contributed by atoms with Crippen molar-refractivity contribution < 1.29 is 4.43 Å². The summed E-state index contributed by atoms with van der Waals surface area (Å²) >= 11 is 0. The molecule has 112 valence electrons. The average Bonchev–Trinajstić information content (AvgIpc) is 2.56. The van der Waals surface area contributed by atoms with Crippen molar-refractivity contribution in [3.05, 3.63) is 29.3 Å². The molecule has 0 unspecified atom stereocenters. The Balaban J connectivity index is 2.42. The van der Waals surface area contributed by atoms with E-state index in [1.54, 1.807) is 0 Å². The van der Waals surface area contributed by atoms with Gasteiger partial charge in [-0.25, -0.2) is 0 Å². The first-order valence-corrected chi connectivity index (χ1v) is 11.3. The molecule has 1 aliphatic rings. The summed E-state index contributed by atoms with van der Waals surface area (Å²) in [6.07, 6.45) is 3.94. The van der Waals surface area contributed by atoms with Crippen LogP contribution in [0, 0.1) is 12.3 Å². The van der Waals surface area contributed by atoms with E-state index in [2.05, 4.69) is 65.5 Å². The van der Waals surface area contributed by atoms with Crippen LogP contribution in [0.15, 0.2) is 18.2 Å². The summed E-state index contributed by atoms with van der Waals surface area (Å²) in [6.45, 7) is 16.2. The number of benzene rings is 1. The zero-order chi connectivity index (χ0) is 15.2. The molecular weight excluding hydrogens is 260 g/mol. The predicted molar refractivity (Wildman–Crippen MR) is 90.1 cm³/mol. The van der Waals surface area contributed by atoms with Gasteiger partial charge in [-0.15, -0.1) is 0 Å². The molecule has 1 saturated carbocycles. The monoisotopic (exact) mass is 290 g/mol. The van der Waals surface area contributed by atoms with Gasteiger partial charge >= 0.3 is 0 Å². The maximum atomic E-state index is 6.28. The van der Waals surface area contributed by atoms with Crippen LogP contribution in [0.25, 0.3) is 0 Å². The Kier molecular flexibility index (Phi) is 3.83. The van der Waals surface area contributed by atoms with Crippen molar-refractivity contribution in [3.63, 3.8) is 0 Å². The van der Waals surface area contributed by atoms with Crippen LogP contribution in [0.3, 0.4) is 0 Å². The maximum absolute atomic E-state index is 6.28. The summed E-state index contributed by atoms with van der Waals surface area (Å²) in [5, 5.41) is 0. The van der Waals surface area contributed by atoms with Crippen LogP contribution in [0.5, 0.6) is 5.75 Å². The van der Waals surface area contributed by atoms with E-state index in [1.165, 1.54) is 30.4 Å². The van der Waals surface area contributed by atoms with Gasteiger partial charge < -0.3 is 4.43 Å². The summed E-state index contributed by atoms with van der Waals surface area (Å²) in [5.41, 5.74) is 3.37. The fourth-order valence-corrected chi connectivity index (χ4v) is 4.30. The summed E-state index contributed by atoms with van der Waals surface area (Å²) in [6, 6.07) is 6.88. The molecule has 20 heavy (non-hydrogen) atoms. The molecule has 1 fully saturated rings. The number of rotatable bonds is 3. The third kappa shape index (κ3) is 2.81. The fourth-order valence-electron chi connectivity index (χ4n) is 3.42. The lowest BCUT2D eigenvalue weighted by Gasteiger charge is -2.39. The lowest BCUT2D eigenvalue weighted by Crippen LogP contribution is -2.34. The lowest BCUT2D eigenvalue weighted by atomic mass is 9.65. The highest BCUT2D eigenvalue weighted by atomic mass is 28.4. The molecule has 0 radical (unpaired) electrons. The van der Waals surface area contributed by atoms with E-state index in [4.69, 9.17) is 4.43 Å². The third-order valence-electron chi connectivity index (χ3n) is 5.21. The van der Waals surface area contributed by atoms with Crippen LogP contribution in [0.2, 0.25) is 19.6 Å². The van der Waals surface area contributed by atoms with Crippen LogP contribution in [-0.4, -0.2) is 8.32 Å². The molecule has 0 bridgehead atoms. The zero-order valence-electron chi connectivity index (χ0n) is 14.3. The SMILES string of the molecule is Cc1ccc([C@@]2(C)CCCC2(C)C)cc1O[Si](C)(C)C. The van der Waals surface area contributed by atoms with E-state index >= 15 is 0 Å². The molecule has 0 saturated heterocycles. The number of aryl methyl sites for hydroxylation is 1. The molecule has 0 aliphatic heterocycles. The van der Waals surface area contributed by atoms with Crippen molar-refractivity contribution in [2.24, 2.45) is 5.41 Å². The number of hydrogen-bond donors (Lipinski definition) is 0. The normalized spacial score (nSPS) is 25.8. The predicted octanol–water partition coefficient (Wildman–Crippen LogP) is 5.68. The molecule has 1 atom stereocenters. The molecule has 2 rings (SSSR count). The fraction of sp³-hybridized carbons (Fsp3) is 0.667. The van der Waals surface area contributed by atoms with Gasteiger partial charge in [-0.2, -0.15) is 0 Å². The van der Waals surface area contributed by atoms with Crippen molar-refractivity contribution in [2.45, 2.75) is 72.0 Å². The Bertz CT molecular complexity index is 499. The van der Waals surface area contributed by atoms with Crippen molar-refractivity contribution in [1.82, 2.24) is 0 Å². The first kappa shape index (κ1) is 15.6. The van der Waals surface area contributed by atoms with E-state index in [0.717, 1.165) is 5.75 Å². The number of hydrogen-bond acceptors (Lipinski definition) is 1. The molecule has 0 aromatic heterocycles. The van der Waals surface area contributed by atoms with Crippen LogP contribution in [0.4, 0.5) is 0 Å². The van der Waals surface area contributed by atoms with Crippen LogP contribution in [-0.2, 0) is 5.41 Å². The standard InChI is InChI=1S/C18H30OSi/c1-14-9-10-15(13-16(14)19-20(5,6)7)18(4)12-8-11-17(18,2)3/h9-10,13H,8,11-12H2,1-7H3/t18-/m1/s1. The quantitative estimate of drug-likeness (QED) is 0.651. The van der Waals surface area contributed by atoms with Crippen molar-refractivity contribution in [2.75, 3.05) is 0 Å². The minimum Gasteiger partial charge on any atom is -0.544 e. The highest BCUT2D eigenvalue weighted by molar-refractivity contribution is 6.70. The summed E-state index contributed by atoms with van der Waals surface area (Å²) < 4.78 is 6.28. The lowest BCUT2D eigenvalue weighted by molar-refractivity contribution is 0.224. The topological polar surface area (TPSA) is 9.23 Å². The van der Waals surface area contributed by atoms with Gasteiger partial charge in [0.05, 0.1) is 0 Å². The van der Waals surface area contributed by atoms with Gasteiger partial charge in [-0.05, 0) is 67.4 Å². The Labute approximate surface area is 125 Å². The minimum absolute atomic E-state index is 0.276. The summed E-state index contributed by atoms with van der Waals surface area (Å²) in [5.74, 6) is 1.10. The minimum atomic E-state index is -1.55. The van der Waals surface area contributed by atoms with Crippen molar-refractivity contribution in [1.29, 1.82) is 0 Å². The van der Waals surface area contributed by atoms with Crippen molar-refractivity contribution >= 4 is 8.32 Å². The highest BCUT2D eigenvalue weighted by Crippen LogP contribution is 2.54. The smallest absolute Gasteiger partial charge is 0.242 e. The molecular formula is C18H30OSi. The Morgan fingerprint density at radius 3 is 2.20 bits per heavy atom. The molecule has 1 aromatic carbocycles. The second-order valence-electron chi connectivity index (χ2n) is 8.26. The van der Waals surface area contributed by atoms with Gasteiger partial charge in [0.15, 0.2) is 0 Å². The highest BCUT2D eigenvalue weighted by Gasteiger charge is 2.46. The molecule has 1 aliphatic carbocycles. The zero-order valence-corrected chi connectivity index (χ0v) is 15.3. The van der Waals surface area contributed by atoms with Gasteiger partial charge in [0.25, 0.3) is 0 Å². The molecule has 0 heterocycles. The summed E-state index contributed by atoms with van der Waals surface area (Å²) in [4.78, 5) is 0. The van der Waals surface area contributed by atoms with Crippen LogP contribution < -0.4 is 4.43 Å². The largest absolute Gasteiger partial charge is 0.544 e. The molecule has 1 nitrogen and oxygen atoms in total. The molecule has 1 aromatic rings. The third-order valence-corrected chi connectivity index (χ3v) is 6.05. The Morgan fingerprint density at radius 2 is 1.70 bits per heavy atom.